The van der Waals surface area contributed by atoms with Crippen LogP contribution >= 0.6 is 11.3 Å². The first kappa shape index (κ1) is 29.3. The van der Waals surface area contributed by atoms with Gasteiger partial charge in [-0.05, 0) is 23.1 Å². The van der Waals surface area contributed by atoms with E-state index < -0.39 is 29.0 Å². The van der Waals surface area contributed by atoms with E-state index in [0.29, 0.717) is 18.2 Å². The summed E-state index contributed by atoms with van der Waals surface area (Å²) in [6.07, 6.45) is 5.74. The molecule has 2 N–H and O–H groups in total. The van der Waals surface area contributed by atoms with Crippen LogP contribution in [0.15, 0.2) is 110 Å². The van der Waals surface area contributed by atoms with Crippen molar-refractivity contribution in [2.75, 3.05) is 7.05 Å². The van der Waals surface area contributed by atoms with Crippen molar-refractivity contribution < 1.29 is 14.7 Å². The molecule has 2 atom stereocenters. The molecule has 0 radical (unpaired) electrons. The Bertz CT molecular complexity index is 1660. The molecule has 1 aliphatic carbocycles. The second-order valence-electron chi connectivity index (χ2n) is 11.7. The molecular formula is C35H35N5O3S. The van der Waals surface area contributed by atoms with Gasteiger partial charge in [-0.3, -0.25) is 0 Å². The molecule has 1 fully saturated rings. The van der Waals surface area contributed by atoms with E-state index in [1.807, 2.05) is 60.8 Å². The van der Waals surface area contributed by atoms with Gasteiger partial charge in [0.1, 0.15) is 11.1 Å². The van der Waals surface area contributed by atoms with Crippen LogP contribution in [-0.4, -0.2) is 49.1 Å². The Morgan fingerprint density at radius 3 is 2.00 bits per heavy atom. The van der Waals surface area contributed by atoms with Gasteiger partial charge in [0, 0.05) is 36.2 Å². The fraction of sp³-hybridized carbons (Fsp3) is 0.257. The third-order valence-electron chi connectivity index (χ3n) is 8.40. The number of imidazole rings is 1. The summed E-state index contributed by atoms with van der Waals surface area (Å²) in [4.78, 5) is 37.6. The molecule has 6 rings (SSSR count). The van der Waals surface area contributed by atoms with Gasteiger partial charge in [0.15, 0.2) is 0 Å². The largest absolute Gasteiger partial charge is 0.479 e. The minimum atomic E-state index is -1.43. The normalized spacial score (nSPS) is 17.8. The highest BCUT2D eigenvalue weighted by molar-refractivity contribution is 7.11. The number of benzene rings is 3. The summed E-state index contributed by atoms with van der Waals surface area (Å²) in [5.74, 6) is -1.24. The number of nitrogens with zero attached hydrogens (tertiary/aromatic N) is 4. The zero-order chi connectivity index (χ0) is 30.9. The SMILES string of the molecule is CC(C)c1ncc(CN(C)C(=O)NC2(C(=O)O)C[C@H]2c2cn(C(c3ccccc3)(c3ccccc3)c3ccccc3)cn2)s1. The van der Waals surface area contributed by atoms with Gasteiger partial charge in [0.25, 0.3) is 0 Å². The van der Waals surface area contributed by atoms with Crippen LogP contribution in [0.3, 0.4) is 0 Å². The average molecular weight is 606 g/mol. The molecule has 8 nitrogen and oxygen atoms in total. The van der Waals surface area contributed by atoms with E-state index >= 15 is 0 Å². The highest BCUT2D eigenvalue weighted by Crippen LogP contribution is 2.52. The number of aromatic nitrogens is 3. The number of rotatable bonds is 10. The molecule has 2 amide bonds. The minimum absolute atomic E-state index is 0.256. The Hall–Kier alpha value is -4.76. The molecule has 44 heavy (non-hydrogen) atoms. The summed E-state index contributed by atoms with van der Waals surface area (Å²) in [6.45, 7) is 4.50. The molecule has 0 saturated heterocycles. The Balaban J connectivity index is 1.33. The number of hydrogen-bond acceptors (Lipinski definition) is 5. The topological polar surface area (TPSA) is 100 Å². The predicted octanol–water partition coefficient (Wildman–Crippen LogP) is 6.46. The molecule has 1 saturated carbocycles. The van der Waals surface area contributed by atoms with Gasteiger partial charge >= 0.3 is 12.0 Å². The Morgan fingerprint density at radius 1 is 0.977 bits per heavy atom. The van der Waals surface area contributed by atoms with E-state index in [0.717, 1.165) is 26.6 Å². The zero-order valence-electron chi connectivity index (χ0n) is 24.9. The van der Waals surface area contributed by atoms with Crippen molar-refractivity contribution in [1.82, 2.24) is 24.8 Å². The maximum absolute atomic E-state index is 13.3. The van der Waals surface area contributed by atoms with Crippen LogP contribution in [0.25, 0.3) is 0 Å². The van der Waals surface area contributed by atoms with Gasteiger partial charge in [-0.2, -0.15) is 0 Å². The van der Waals surface area contributed by atoms with Gasteiger partial charge in [0.2, 0.25) is 0 Å². The van der Waals surface area contributed by atoms with E-state index in [4.69, 9.17) is 4.98 Å². The fourth-order valence-electron chi connectivity index (χ4n) is 5.99. The Kier molecular flexibility index (Phi) is 7.82. The first-order chi connectivity index (χ1) is 21.3. The van der Waals surface area contributed by atoms with E-state index in [1.54, 1.807) is 30.9 Å². The lowest BCUT2D eigenvalue weighted by Crippen LogP contribution is -2.49. The van der Waals surface area contributed by atoms with Gasteiger partial charge in [-0.15, -0.1) is 11.3 Å². The van der Waals surface area contributed by atoms with Gasteiger partial charge in [-0.1, -0.05) is 105 Å². The molecule has 1 aliphatic rings. The minimum Gasteiger partial charge on any atom is -0.479 e. The second-order valence-corrected chi connectivity index (χ2v) is 12.8. The van der Waals surface area contributed by atoms with Crippen molar-refractivity contribution in [2.24, 2.45) is 0 Å². The van der Waals surface area contributed by atoms with Gasteiger partial charge in [-0.25, -0.2) is 19.6 Å². The summed E-state index contributed by atoms with van der Waals surface area (Å²) in [6, 6.07) is 30.2. The lowest BCUT2D eigenvalue weighted by molar-refractivity contribution is -0.140. The molecule has 5 aromatic rings. The maximum atomic E-state index is 13.3. The lowest BCUT2D eigenvalue weighted by atomic mass is 9.77. The Labute approximate surface area is 261 Å². The molecule has 1 unspecified atom stereocenters. The number of carbonyl (C=O) groups excluding carboxylic acids is 1. The number of carbonyl (C=O) groups is 2. The van der Waals surface area contributed by atoms with Crippen molar-refractivity contribution in [3.8, 4) is 0 Å². The van der Waals surface area contributed by atoms with E-state index in [2.05, 4.69) is 65.1 Å². The van der Waals surface area contributed by atoms with Crippen molar-refractivity contribution in [3.63, 3.8) is 0 Å². The number of amides is 2. The van der Waals surface area contributed by atoms with Crippen molar-refractivity contribution >= 4 is 23.3 Å². The van der Waals surface area contributed by atoms with Crippen LogP contribution in [0.4, 0.5) is 4.79 Å². The molecule has 9 heteroatoms. The maximum Gasteiger partial charge on any atom is 0.330 e. The van der Waals surface area contributed by atoms with Crippen molar-refractivity contribution in [1.29, 1.82) is 0 Å². The third-order valence-corrected chi connectivity index (χ3v) is 9.68. The molecular weight excluding hydrogens is 570 g/mol. The molecule has 224 valence electrons. The fourth-order valence-corrected chi connectivity index (χ4v) is 6.96. The molecule has 2 aromatic heterocycles. The summed E-state index contributed by atoms with van der Waals surface area (Å²) < 4.78 is 2.07. The molecule has 3 aromatic carbocycles. The van der Waals surface area contributed by atoms with Crippen molar-refractivity contribution in [3.05, 3.63) is 142 Å². The van der Waals surface area contributed by atoms with E-state index in [1.165, 1.54) is 4.90 Å². The smallest absolute Gasteiger partial charge is 0.330 e. The molecule has 0 bridgehead atoms. The van der Waals surface area contributed by atoms with Gasteiger partial charge < -0.3 is 19.9 Å². The quantitative estimate of drug-likeness (QED) is 0.178. The highest BCUT2D eigenvalue weighted by atomic mass is 32.1. The van der Waals surface area contributed by atoms with Crippen LogP contribution in [0, 0.1) is 0 Å². The number of urea groups is 1. The van der Waals surface area contributed by atoms with Crippen LogP contribution in [-0.2, 0) is 16.9 Å². The van der Waals surface area contributed by atoms with E-state index in [9.17, 15) is 14.7 Å². The number of aliphatic carboxylic acids is 1. The number of hydrogen-bond donors (Lipinski definition) is 2. The lowest BCUT2D eigenvalue weighted by Gasteiger charge is -2.37. The monoisotopic (exact) mass is 605 g/mol. The van der Waals surface area contributed by atoms with E-state index in [-0.39, 0.29) is 6.42 Å². The third kappa shape index (κ3) is 5.17. The second kappa shape index (κ2) is 11.7. The molecule has 2 heterocycles. The van der Waals surface area contributed by atoms with Crippen LogP contribution < -0.4 is 5.32 Å². The first-order valence-electron chi connectivity index (χ1n) is 14.7. The highest BCUT2D eigenvalue weighted by Gasteiger charge is 2.64. The van der Waals surface area contributed by atoms with Crippen LogP contribution in [0.2, 0.25) is 0 Å². The van der Waals surface area contributed by atoms with Gasteiger partial charge in [0.05, 0.1) is 23.6 Å². The molecule has 0 aliphatic heterocycles. The number of nitrogens with one attached hydrogen (secondary N) is 1. The van der Waals surface area contributed by atoms with Crippen LogP contribution in [0.1, 0.15) is 64.4 Å². The number of carboxylic acid groups (broad SMARTS) is 1. The zero-order valence-corrected chi connectivity index (χ0v) is 25.7. The summed E-state index contributed by atoms with van der Waals surface area (Å²) >= 11 is 1.56. The summed E-state index contributed by atoms with van der Waals surface area (Å²) in [5.41, 5.74) is 1.55. The Morgan fingerprint density at radius 2 is 1.52 bits per heavy atom. The first-order valence-corrected chi connectivity index (χ1v) is 15.5. The number of carboxylic acids is 1. The van der Waals surface area contributed by atoms with Crippen molar-refractivity contribution in [2.45, 2.75) is 49.7 Å². The predicted molar refractivity (Wildman–Crippen MR) is 171 cm³/mol. The standard InChI is InChI=1S/C35H35N5O3S/c1-24(2)31-36-20-28(44-31)21-39(3)33(43)38-34(32(41)42)19-29(34)30-22-40(23-37-30)35(25-13-7-4-8-14-25,26-15-9-5-10-16-26)27-17-11-6-12-18-27/h4-18,20,22-24,29H,19,21H2,1-3H3,(H,38,43)(H,41,42)/t29-,34?/m0/s1. The number of thiazole rings is 1. The average Bonchev–Trinajstić information content (AvgIpc) is 3.32. The van der Waals surface area contributed by atoms with Crippen LogP contribution in [0.5, 0.6) is 0 Å². The summed E-state index contributed by atoms with van der Waals surface area (Å²) in [7, 11) is 1.67. The molecule has 0 spiro atoms. The summed E-state index contributed by atoms with van der Waals surface area (Å²) in [5, 5.41) is 14.2.